The Morgan fingerprint density at radius 1 is 1.19 bits per heavy atom. The lowest BCUT2D eigenvalue weighted by molar-refractivity contribution is 0.580. The number of benzene rings is 1. The molecule has 6 heteroatoms. The van der Waals surface area contributed by atoms with Crippen molar-refractivity contribution in [3.63, 3.8) is 0 Å². The van der Waals surface area contributed by atoms with Gasteiger partial charge in [0.15, 0.2) is 0 Å². The number of H-pyrrole nitrogens is 1. The normalized spacial score (nSPS) is 11.8. The molecule has 4 nitrogen and oxygen atoms in total. The Morgan fingerprint density at radius 3 is 2.48 bits per heavy atom. The minimum atomic E-state index is -3.60. The van der Waals surface area contributed by atoms with Crippen molar-refractivity contribution in [2.24, 2.45) is 0 Å². The molecular weight excluding hydrogens is 291 g/mol. The van der Waals surface area contributed by atoms with Gasteiger partial charge in [0.25, 0.3) is 0 Å². The Hall–Kier alpha value is -1.66. The topological polar surface area (TPSA) is 62.0 Å². The molecule has 0 saturated carbocycles. The quantitative estimate of drug-likeness (QED) is 0.891. The lowest BCUT2D eigenvalue weighted by Gasteiger charge is -2.08. The molecule has 2 N–H and O–H groups in total. The van der Waals surface area contributed by atoms with Gasteiger partial charge in [0.2, 0.25) is 10.0 Å². The summed E-state index contributed by atoms with van der Waals surface area (Å²) in [6.45, 7) is 5.76. The van der Waals surface area contributed by atoms with Crippen LogP contribution in [0.3, 0.4) is 0 Å². The monoisotopic (exact) mass is 310 g/mol. The number of hydrogen-bond acceptors (Lipinski definition) is 2. The maximum absolute atomic E-state index is 13.2. The second-order valence-corrected chi connectivity index (χ2v) is 6.93. The van der Waals surface area contributed by atoms with Crippen molar-refractivity contribution in [1.82, 2.24) is 9.71 Å². The van der Waals surface area contributed by atoms with Crippen molar-refractivity contribution in [1.29, 1.82) is 0 Å². The molecule has 0 fully saturated rings. The Kier molecular flexibility index (Phi) is 4.49. The van der Waals surface area contributed by atoms with Gasteiger partial charge in [-0.05, 0) is 62.6 Å². The van der Waals surface area contributed by atoms with E-state index in [-0.39, 0.29) is 4.90 Å². The van der Waals surface area contributed by atoms with E-state index in [1.165, 1.54) is 18.2 Å². The molecule has 0 aliphatic carbocycles. The Balaban J connectivity index is 2.04. The van der Waals surface area contributed by atoms with E-state index in [9.17, 15) is 12.8 Å². The van der Waals surface area contributed by atoms with E-state index < -0.39 is 15.8 Å². The molecule has 0 amide bonds. The highest BCUT2D eigenvalue weighted by Gasteiger charge is 2.15. The molecule has 1 aromatic heterocycles. The molecule has 0 bridgehead atoms. The number of nitrogens with one attached hydrogen (secondary N) is 2. The Morgan fingerprint density at radius 2 is 1.90 bits per heavy atom. The first-order chi connectivity index (χ1) is 9.79. The molecule has 21 heavy (non-hydrogen) atoms. The maximum atomic E-state index is 13.2. The van der Waals surface area contributed by atoms with Crippen LogP contribution in [0.2, 0.25) is 0 Å². The smallest absolute Gasteiger partial charge is 0.240 e. The fourth-order valence-electron chi connectivity index (χ4n) is 2.23. The van der Waals surface area contributed by atoms with E-state index in [1.54, 1.807) is 6.92 Å². The summed E-state index contributed by atoms with van der Waals surface area (Å²) in [5.74, 6) is -0.410. The predicted octanol–water partition coefficient (Wildman–Crippen LogP) is 2.60. The highest BCUT2D eigenvalue weighted by Crippen LogP contribution is 2.14. The summed E-state index contributed by atoms with van der Waals surface area (Å²) in [5.41, 5.74) is 3.50. The molecular formula is C15H19FN2O2S. The predicted molar refractivity (Wildman–Crippen MR) is 80.3 cm³/mol. The van der Waals surface area contributed by atoms with Crippen molar-refractivity contribution >= 4 is 10.0 Å². The first-order valence-electron chi connectivity index (χ1n) is 6.70. The van der Waals surface area contributed by atoms with Gasteiger partial charge in [-0.25, -0.2) is 17.5 Å². The summed E-state index contributed by atoms with van der Waals surface area (Å²) in [7, 11) is -3.60. The molecule has 0 aliphatic heterocycles. The third-order valence-electron chi connectivity index (χ3n) is 3.38. The van der Waals surface area contributed by atoms with Crippen molar-refractivity contribution < 1.29 is 12.8 Å². The van der Waals surface area contributed by atoms with Crippen LogP contribution in [0.5, 0.6) is 0 Å². The first kappa shape index (κ1) is 15.7. The van der Waals surface area contributed by atoms with Gasteiger partial charge in [0.05, 0.1) is 4.90 Å². The minimum Gasteiger partial charge on any atom is -0.362 e. The van der Waals surface area contributed by atoms with Gasteiger partial charge in [-0.2, -0.15) is 0 Å². The summed E-state index contributed by atoms with van der Waals surface area (Å²) in [6.07, 6.45) is 0.607. The number of halogens is 1. The van der Waals surface area contributed by atoms with Crippen LogP contribution in [0, 0.1) is 26.6 Å². The molecule has 0 spiro atoms. The molecule has 114 valence electrons. The van der Waals surface area contributed by atoms with Crippen molar-refractivity contribution in [2.75, 3.05) is 6.54 Å². The fraction of sp³-hybridized carbons (Fsp3) is 0.333. The Labute approximate surface area is 124 Å². The standard InChI is InChI=1S/C15H19FN2O2S/c1-10-8-14(4-5-15(10)16)21(19,20)17-7-6-13-9-11(2)18-12(13)3/h4-5,8-9,17-18H,6-7H2,1-3H3. The second kappa shape index (κ2) is 5.99. The number of aromatic nitrogens is 1. The lowest BCUT2D eigenvalue weighted by Crippen LogP contribution is -2.26. The van der Waals surface area contributed by atoms with E-state index in [0.29, 0.717) is 18.5 Å². The number of aromatic amines is 1. The molecule has 2 rings (SSSR count). The third-order valence-corrected chi connectivity index (χ3v) is 4.84. The molecule has 0 saturated heterocycles. The maximum Gasteiger partial charge on any atom is 0.240 e. The number of aryl methyl sites for hydroxylation is 3. The Bertz CT molecular complexity index is 751. The summed E-state index contributed by atoms with van der Waals surface area (Å²) in [4.78, 5) is 3.27. The van der Waals surface area contributed by atoms with Crippen LogP contribution in [0.1, 0.15) is 22.5 Å². The number of hydrogen-bond donors (Lipinski definition) is 2. The molecule has 2 aromatic rings. The molecule has 0 radical (unpaired) electrons. The van der Waals surface area contributed by atoms with E-state index in [1.807, 2.05) is 19.9 Å². The van der Waals surface area contributed by atoms with Gasteiger partial charge in [-0.3, -0.25) is 0 Å². The molecule has 0 atom stereocenters. The first-order valence-corrected chi connectivity index (χ1v) is 8.19. The van der Waals surface area contributed by atoms with E-state index in [0.717, 1.165) is 17.0 Å². The van der Waals surface area contributed by atoms with E-state index in [4.69, 9.17) is 0 Å². The highest BCUT2D eigenvalue weighted by atomic mass is 32.2. The summed E-state index contributed by atoms with van der Waals surface area (Å²) >= 11 is 0. The van der Waals surface area contributed by atoms with Crippen LogP contribution < -0.4 is 4.72 Å². The van der Waals surface area contributed by atoms with Crippen LogP contribution in [-0.4, -0.2) is 19.9 Å². The SMILES string of the molecule is Cc1cc(CCNS(=O)(=O)c2ccc(F)c(C)c2)c(C)[nH]1. The van der Waals surface area contributed by atoms with E-state index >= 15 is 0 Å². The zero-order chi connectivity index (χ0) is 15.6. The summed E-state index contributed by atoms with van der Waals surface area (Å²) in [5, 5.41) is 0. The van der Waals surface area contributed by atoms with Gasteiger partial charge in [-0.15, -0.1) is 0 Å². The van der Waals surface area contributed by atoms with Crippen molar-refractivity contribution in [3.05, 3.63) is 52.6 Å². The van der Waals surface area contributed by atoms with Gasteiger partial charge in [0, 0.05) is 17.9 Å². The van der Waals surface area contributed by atoms with Crippen LogP contribution in [0.4, 0.5) is 4.39 Å². The van der Waals surface area contributed by atoms with Crippen LogP contribution in [0.25, 0.3) is 0 Å². The average Bonchev–Trinajstić information content (AvgIpc) is 2.71. The summed E-state index contributed by atoms with van der Waals surface area (Å²) in [6, 6.07) is 5.79. The number of rotatable bonds is 5. The fourth-order valence-corrected chi connectivity index (χ4v) is 3.35. The number of sulfonamides is 1. The lowest BCUT2D eigenvalue weighted by atomic mass is 10.2. The van der Waals surface area contributed by atoms with Gasteiger partial charge in [0.1, 0.15) is 5.82 Å². The zero-order valence-corrected chi connectivity index (χ0v) is 13.1. The van der Waals surface area contributed by atoms with Gasteiger partial charge < -0.3 is 4.98 Å². The van der Waals surface area contributed by atoms with Gasteiger partial charge >= 0.3 is 0 Å². The largest absolute Gasteiger partial charge is 0.362 e. The van der Waals surface area contributed by atoms with Crippen LogP contribution >= 0.6 is 0 Å². The van der Waals surface area contributed by atoms with Crippen LogP contribution in [0.15, 0.2) is 29.2 Å². The van der Waals surface area contributed by atoms with E-state index in [2.05, 4.69) is 9.71 Å². The van der Waals surface area contributed by atoms with Crippen molar-refractivity contribution in [2.45, 2.75) is 32.1 Å². The second-order valence-electron chi connectivity index (χ2n) is 5.16. The zero-order valence-electron chi connectivity index (χ0n) is 12.3. The minimum absolute atomic E-state index is 0.0865. The molecule has 0 unspecified atom stereocenters. The molecule has 0 aliphatic rings. The van der Waals surface area contributed by atoms with Crippen molar-refractivity contribution in [3.8, 4) is 0 Å². The average molecular weight is 310 g/mol. The molecule has 1 heterocycles. The summed E-state index contributed by atoms with van der Waals surface area (Å²) < 4.78 is 40.0. The highest BCUT2D eigenvalue weighted by molar-refractivity contribution is 7.89. The third kappa shape index (κ3) is 3.71. The van der Waals surface area contributed by atoms with Crippen LogP contribution in [-0.2, 0) is 16.4 Å². The van der Waals surface area contributed by atoms with Gasteiger partial charge in [-0.1, -0.05) is 0 Å². The molecule has 1 aromatic carbocycles.